The van der Waals surface area contributed by atoms with Crippen molar-refractivity contribution in [1.82, 2.24) is 15.6 Å². The molecule has 1 atom stereocenters. The van der Waals surface area contributed by atoms with Gasteiger partial charge < -0.3 is 30.0 Å². The quantitative estimate of drug-likeness (QED) is 0.123. The molecule has 2 heterocycles. The number of amides is 1. The lowest BCUT2D eigenvalue weighted by Gasteiger charge is -2.20. The summed E-state index contributed by atoms with van der Waals surface area (Å²) in [5.41, 5.74) is 7.49. The minimum Gasteiger partial charge on any atom is -0.493 e. The van der Waals surface area contributed by atoms with E-state index in [-0.39, 0.29) is 25.2 Å². The summed E-state index contributed by atoms with van der Waals surface area (Å²) in [7, 11) is 0. The molecule has 0 unspecified atom stereocenters. The number of alkyl halides is 1. The normalized spacial score (nSPS) is 15.6. The Morgan fingerprint density at radius 2 is 1.81 bits per heavy atom. The highest BCUT2D eigenvalue weighted by molar-refractivity contribution is 6.32. The van der Waals surface area contributed by atoms with Crippen LogP contribution in [0.25, 0.3) is 11.1 Å². The summed E-state index contributed by atoms with van der Waals surface area (Å²) in [4.78, 5) is 16.9. The number of pyridine rings is 1. The second kappa shape index (κ2) is 17.5. The molecule has 0 spiro atoms. The van der Waals surface area contributed by atoms with Gasteiger partial charge in [0.2, 0.25) is 0 Å². The van der Waals surface area contributed by atoms with Crippen LogP contribution in [0.15, 0.2) is 67.0 Å². The Labute approximate surface area is 292 Å². The van der Waals surface area contributed by atoms with Gasteiger partial charge in [-0.2, -0.15) is 0 Å². The highest BCUT2D eigenvalue weighted by Crippen LogP contribution is 2.36. The number of hydrogen-bond acceptors (Lipinski definition) is 7. The highest BCUT2D eigenvalue weighted by Gasteiger charge is 2.17. The van der Waals surface area contributed by atoms with Gasteiger partial charge in [-0.15, -0.1) is 11.6 Å². The van der Waals surface area contributed by atoms with Crippen molar-refractivity contribution in [3.05, 3.63) is 105 Å². The van der Waals surface area contributed by atoms with Crippen LogP contribution in [0.1, 0.15) is 63.9 Å². The first kappa shape index (κ1) is 35.5. The lowest BCUT2D eigenvalue weighted by Crippen LogP contribution is -2.32. The third kappa shape index (κ3) is 9.20. The zero-order chi connectivity index (χ0) is 33.9. The molecular formula is C38H43Cl2N3O5. The van der Waals surface area contributed by atoms with Gasteiger partial charge in [-0.05, 0) is 79.1 Å². The Hall–Kier alpha value is -3.82. The van der Waals surface area contributed by atoms with Crippen LogP contribution in [0.4, 0.5) is 0 Å². The summed E-state index contributed by atoms with van der Waals surface area (Å²) in [6, 6.07) is 17.6. The molecule has 4 aromatic rings. The van der Waals surface area contributed by atoms with Crippen LogP contribution in [-0.4, -0.2) is 47.7 Å². The van der Waals surface area contributed by atoms with Crippen molar-refractivity contribution in [2.24, 2.45) is 0 Å². The van der Waals surface area contributed by atoms with Crippen molar-refractivity contribution < 1.29 is 24.1 Å². The van der Waals surface area contributed by atoms with Gasteiger partial charge in [-0.3, -0.25) is 9.78 Å². The van der Waals surface area contributed by atoms with E-state index >= 15 is 0 Å². The number of ether oxygens (including phenoxy) is 3. The van der Waals surface area contributed by atoms with E-state index in [1.165, 1.54) is 0 Å². The molecule has 1 aliphatic rings. The fourth-order valence-electron chi connectivity index (χ4n) is 5.73. The minimum absolute atomic E-state index is 0.00297. The second-order valence-electron chi connectivity index (χ2n) is 12.0. The predicted octanol–water partition coefficient (Wildman–Crippen LogP) is 7.55. The molecule has 1 aliphatic heterocycles. The molecule has 0 radical (unpaired) electrons. The third-order valence-corrected chi connectivity index (χ3v) is 9.13. The van der Waals surface area contributed by atoms with Crippen molar-refractivity contribution in [2.45, 2.75) is 65.3 Å². The number of halogens is 2. The molecule has 1 amide bonds. The maximum absolute atomic E-state index is 12.7. The highest BCUT2D eigenvalue weighted by atomic mass is 35.5. The molecule has 48 heavy (non-hydrogen) atoms. The maximum Gasteiger partial charge on any atom is 0.252 e. The third-order valence-electron chi connectivity index (χ3n) is 8.57. The van der Waals surface area contributed by atoms with Crippen LogP contribution in [0, 0.1) is 13.8 Å². The van der Waals surface area contributed by atoms with Crippen molar-refractivity contribution in [3.63, 3.8) is 0 Å². The Bertz CT molecular complexity index is 1700. The molecule has 254 valence electrons. The summed E-state index contributed by atoms with van der Waals surface area (Å²) >= 11 is 12.6. The van der Waals surface area contributed by atoms with Crippen molar-refractivity contribution in [3.8, 4) is 28.4 Å². The standard InChI is InChI=1S/C38H43Cl2N3O5/c1-25-28(8-5-10-32(25)33-11-6-12-35(26(33)2)46-15-7-13-39)24-48-37-18-36-29(17-34(37)40)21-43-31(22-44)9-3-4-14-42-38(45)30-16-27(23-47-36)19-41-20-30/h5-6,8,10-12,16-20,31,43-44H,3-4,7,9,13-15,21-24H2,1-2H3,(H,42,45)/t31-/m0/s1. The molecule has 3 N–H and O–H groups in total. The van der Waals surface area contributed by atoms with Gasteiger partial charge in [0.1, 0.15) is 30.5 Å². The average Bonchev–Trinajstić information content (AvgIpc) is 3.09. The van der Waals surface area contributed by atoms with Crippen LogP contribution in [0.5, 0.6) is 17.2 Å². The van der Waals surface area contributed by atoms with Gasteiger partial charge in [0, 0.05) is 54.6 Å². The van der Waals surface area contributed by atoms with Crippen LogP contribution in [0.3, 0.4) is 0 Å². The lowest BCUT2D eigenvalue weighted by molar-refractivity contribution is 0.0952. The molecule has 0 aliphatic carbocycles. The van der Waals surface area contributed by atoms with E-state index in [4.69, 9.17) is 37.4 Å². The Balaban J connectivity index is 1.38. The van der Waals surface area contributed by atoms with Crippen LogP contribution in [0.2, 0.25) is 5.02 Å². The number of nitrogens with zero attached hydrogens (tertiary/aromatic N) is 1. The van der Waals surface area contributed by atoms with Crippen molar-refractivity contribution >= 4 is 29.1 Å². The number of benzene rings is 3. The molecule has 10 heteroatoms. The van der Waals surface area contributed by atoms with Crippen LogP contribution in [-0.2, 0) is 19.8 Å². The molecule has 1 aromatic heterocycles. The monoisotopic (exact) mass is 691 g/mol. The first-order chi connectivity index (χ1) is 23.4. The maximum atomic E-state index is 12.7. The van der Waals surface area contributed by atoms with E-state index in [1.807, 2.05) is 30.3 Å². The molecule has 0 saturated heterocycles. The Kier molecular flexibility index (Phi) is 13.0. The largest absolute Gasteiger partial charge is 0.493 e. The molecule has 0 fully saturated rings. The van der Waals surface area contributed by atoms with E-state index in [0.29, 0.717) is 54.3 Å². The topological polar surface area (TPSA) is 102 Å². The van der Waals surface area contributed by atoms with Gasteiger partial charge >= 0.3 is 0 Å². The summed E-state index contributed by atoms with van der Waals surface area (Å²) in [6.07, 6.45) is 6.45. The Morgan fingerprint density at radius 3 is 2.62 bits per heavy atom. The van der Waals surface area contributed by atoms with E-state index in [0.717, 1.165) is 70.4 Å². The zero-order valence-electron chi connectivity index (χ0n) is 27.5. The Morgan fingerprint density at radius 1 is 1.00 bits per heavy atom. The predicted molar refractivity (Wildman–Crippen MR) is 190 cm³/mol. The number of rotatable bonds is 9. The van der Waals surface area contributed by atoms with E-state index in [1.54, 1.807) is 18.5 Å². The number of carbonyl (C=O) groups excluding carboxylic acids is 1. The number of carbonyl (C=O) groups is 1. The minimum atomic E-state index is -0.172. The van der Waals surface area contributed by atoms with Crippen LogP contribution >= 0.6 is 23.2 Å². The average molecular weight is 693 g/mol. The molecule has 2 bridgehead atoms. The molecule has 8 nitrogen and oxygen atoms in total. The fraction of sp³-hybridized carbons (Fsp3) is 0.368. The molecule has 0 saturated carbocycles. The second-order valence-corrected chi connectivity index (χ2v) is 12.8. The smallest absolute Gasteiger partial charge is 0.252 e. The number of fused-ring (bicyclic) bond motifs is 3. The van der Waals surface area contributed by atoms with E-state index in [2.05, 4.69) is 47.7 Å². The summed E-state index contributed by atoms with van der Waals surface area (Å²) in [5.74, 6) is 2.33. The summed E-state index contributed by atoms with van der Waals surface area (Å²) in [5, 5.41) is 16.8. The molecule has 3 aromatic carbocycles. The van der Waals surface area contributed by atoms with Gasteiger partial charge in [-0.25, -0.2) is 0 Å². The van der Waals surface area contributed by atoms with Gasteiger partial charge in [-0.1, -0.05) is 48.4 Å². The van der Waals surface area contributed by atoms with E-state index in [9.17, 15) is 9.90 Å². The number of aliphatic hydroxyl groups excluding tert-OH is 1. The molecular weight excluding hydrogens is 649 g/mol. The fourth-order valence-corrected chi connectivity index (χ4v) is 6.08. The van der Waals surface area contributed by atoms with Crippen LogP contribution < -0.4 is 24.8 Å². The zero-order valence-corrected chi connectivity index (χ0v) is 29.0. The van der Waals surface area contributed by atoms with Gasteiger partial charge in [0.15, 0.2) is 0 Å². The number of aromatic nitrogens is 1. The van der Waals surface area contributed by atoms with E-state index < -0.39 is 0 Å². The summed E-state index contributed by atoms with van der Waals surface area (Å²) < 4.78 is 18.6. The molecule has 5 rings (SSSR count). The number of nitrogens with one attached hydrogen (secondary N) is 2. The number of aliphatic hydroxyl groups is 1. The first-order valence-corrected chi connectivity index (χ1v) is 17.3. The van der Waals surface area contributed by atoms with Gasteiger partial charge in [0.25, 0.3) is 5.91 Å². The van der Waals surface area contributed by atoms with Gasteiger partial charge in [0.05, 0.1) is 23.8 Å². The first-order valence-electron chi connectivity index (χ1n) is 16.4. The SMILES string of the molecule is Cc1c(COc2cc3c(cc2Cl)CN[C@H](CO)CCCCNC(=O)c2cncc(c2)CO3)cccc1-c1cccc(OCCCCl)c1C. The van der Waals surface area contributed by atoms with Crippen molar-refractivity contribution in [2.75, 3.05) is 25.6 Å². The number of hydrogen-bond donors (Lipinski definition) is 3. The van der Waals surface area contributed by atoms with Crippen molar-refractivity contribution in [1.29, 1.82) is 0 Å². The summed E-state index contributed by atoms with van der Waals surface area (Å²) in [6.45, 7) is 6.24. The lowest BCUT2D eigenvalue weighted by atomic mass is 9.93.